The maximum Gasteiger partial charge on any atom is 0.430 e. The van der Waals surface area contributed by atoms with Crippen molar-refractivity contribution >= 4 is 23.5 Å². The second-order valence-corrected chi connectivity index (χ2v) is 7.02. The number of halogens is 3. The Bertz CT molecular complexity index is 1150. The first-order valence-corrected chi connectivity index (χ1v) is 9.94. The average Bonchev–Trinajstić information content (AvgIpc) is 2.82. The summed E-state index contributed by atoms with van der Waals surface area (Å²) in [6.45, 7) is 0.389. The Labute approximate surface area is 198 Å². The smallest absolute Gasteiger partial charge is 0.430 e. The summed E-state index contributed by atoms with van der Waals surface area (Å²) in [5.74, 6) is -3.74. The maximum atomic E-state index is 11.7. The molecule has 11 heteroatoms. The molecule has 0 aliphatic heterocycles. The SMILES string of the molecule is N=C(N)c1ccc(NC(C(=O)[O-])c2cccc(OCc3ccccc3)c2)cc1.O=C([O-])C(F)(F)F. The minimum absolute atomic E-state index is 0.0498. The van der Waals surface area contributed by atoms with Gasteiger partial charge in [0.25, 0.3) is 0 Å². The summed E-state index contributed by atoms with van der Waals surface area (Å²) < 4.78 is 37.3. The number of aliphatic carboxylic acids is 2. The van der Waals surface area contributed by atoms with Crippen LogP contribution in [0.2, 0.25) is 0 Å². The average molecular weight is 487 g/mol. The molecule has 3 aromatic carbocycles. The van der Waals surface area contributed by atoms with Gasteiger partial charge < -0.3 is 35.6 Å². The molecule has 4 N–H and O–H groups in total. The number of nitrogens with one attached hydrogen (secondary N) is 2. The van der Waals surface area contributed by atoms with Crippen LogP contribution in [0.1, 0.15) is 22.7 Å². The van der Waals surface area contributed by atoms with Gasteiger partial charge in [0, 0.05) is 11.3 Å². The van der Waals surface area contributed by atoms with Crippen LogP contribution in [0.3, 0.4) is 0 Å². The molecule has 0 amide bonds. The van der Waals surface area contributed by atoms with E-state index in [0.717, 1.165) is 5.56 Å². The molecular formula is C24H20F3N3O5-2. The lowest BCUT2D eigenvalue weighted by Gasteiger charge is -2.22. The van der Waals surface area contributed by atoms with E-state index in [1.54, 1.807) is 48.5 Å². The van der Waals surface area contributed by atoms with E-state index >= 15 is 0 Å². The molecule has 184 valence electrons. The van der Waals surface area contributed by atoms with Gasteiger partial charge in [0.15, 0.2) is 0 Å². The van der Waals surface area contributed by atoms with Crippen LogP contribution in [0.5, 0.6) is 5.75 Å². The quantitative estimate of drug-likeness (QED) is 0.323. The van der Waals surface area contributed by atoms with Crippen molar-refractivity contribution in [3.05, 3.63) is 95.6 Å². The summed E-state index contributed by atoms with van der Waals surface area (Å²) >= 11 is 0. The third kappa shape index (κ3) is 8.72. The fraction of sp³-hybridized carbons (Fsp3) is 0.125. The van der Waals surface area contributed by atoms with E-state index in [1.807, 2.05) is 30.3 Å². The number of carboxylic acid groups (broad SMARTS) is 2. The van der Waals surface area contributed by atoms with Gasteiger partial charge in [-0.3, -0.25) is 5.41 Å². The maximum absolute atomic E-state index is 11.7. The predicted octanol–water partition coefficient (Wildman–Crippen LogP) is 1.75. The molecule has 35 heavy (non-hydrogen) atoms. The molecule has 8 nitrogen and oxygen atoms in total. The van der Waals surface area contributed by atoms with Gasteiger partial charge >= 0.3 is 6.18 Å². The van der Waals surface area contributed by atoms with E-state index in [-0.39, 0.29) is 5.84 Å². The number of nitrogen functional groups attached to an aromatic ring is 1. The largest absolute Gasteiger partial charge is 0.548 e. The third-order valence-electron chi connectivity index (χ3n) is 4.41. The first kappa shape index (κ1) is 26.7. The second-order valence-electron chi connectivity index (χ2n) is 7.02. The Morgan fingerprint density at radius 2 is 1.57 bits per heavy atom. The summed E-state index contributed by atoms with van der Waals surface area (Å²) in [5.41, 5.74) is 8.11. The fourth-order valence-corrected chi connectivity index (χ4v) is 2.72. The first-order chi connectivity index (χ1) is 16.5. The van der Waals surface area contributed by atoms with Gasteiger partial charge in [-0.15, -0.1) is 0 Å². The van der Waals surface area contributed by atoms with Crippen LogP contribution in [0.15, 0.2) is 78.9 Å². The number of anilines is 1. The number of amidine groups is 1. The summed E-state index contributed by atoms with van der Waals surface area (Å²) in [7, 11) is 0. The molecule has 1 atom stereocenters. The van der Waals surface area contributed by atoms with Gasteiger partial charge in [0.1, 0.15) is 24.2 Å². The van der Waals surface area contributed by atoms with Crippen LogP contribution in [-0.4, -0.2) is 24.0 Å². The Hall–Kier alpha value is -4.54. The predicted molar refractivity (Wildman–Crippen MR) is 117 cm³/mol. The molecule has 0 saturated carbocycles. The minimum atomic E-state index is -5.19. The van der Waals surface area contributed by atoms with Crippen molar-refractivity contribution in [1.29, 1.82) is 5.41 Å². The van der Waals surface area contributed by atoms with E-state index in [9.17, 15) is 23.1 Å². The second kappa shape index (κ2) is 12.1. The number of carbonyl (C=O) groups excluding carboxylic acids is 2. The first-order valence-electron chi connectivity index (χ1n) is 9.94. The van der Waals surface area contributed by atoms with Gasteiger partial charge in [-0.2, -0.15) is 13.2 Å². The van der Waals surface area contributed by atoms with Crippen LogP contribution >= 0.6 is 0 Å². The molecule has 0 aliphatic carbocycles. The number of rotatable bonds is 8. The molecule has 0 fully saturated rings. The number of benzene rings is 3. The van der Waals surface area contributed by atoms with Crippen LogP contribution in [0.4, 0.5) is 18.9 Å². The highest BCUT2D eigenvalue weighted by Crippen LogP contribution is 2.24. The lowest BCUT2D eigenvalue weighted by atomic mass is 10.1. The van der Waals surface area contributed by atoms with E-state index in [4.69, 9.17) is 25.8 Å². The summed E-state index contributed by atoms with van der Waals surface area (Å²) in [4.78, 5) is 20.5. The molecule has 0 spiro atoms. The normalized spacial score (nSPS) is 11.4. The van der Waals surface area contributed by atoms with Gasteiger partial charge in [-0.1, -0.05) is 42.5 Å². The highest BCUT2D eigenvalue weighted by molar-refractivity contribution is 5.95. The van der Waals surface area contributed by atoms with Gasteiger partial charge in [-0.05, 0) is 47.5 Å². The molecular weight excluding hydrogens is 467 g/mol. The zero-order valence-corrected chi connectivity index (χ0v) is 18.0. The van der Waals surface area contributed by atoms with Gasteiger partial charge in [0.05, 0.1) is 12.0 Å². The molecule has 3 aromatic rings. The van der Waals surface area contributed by atoms with Crippen molar-refractivity contribution in [2.45, 2.75) is 18.8 Å². The molecule has 3 rings (SSSR count). The van der Waals surface area contributed by atoms with Crippen molar-refractivity contribution in [3.63, 3.8) is 0 Å². The van der Waals surface area contributed by atoms with Crippen molar-refractivity contribution in [2.24, 2.45) is 5.73 Å². The van der Waals surface area contributed by atoms with E-state index in [0.29, 0.717) is 29.2 Å². The molecule has 0 radical (unpaired) electrons. The Morgan fingerprint density at radius 1 is 0.971 bits per heavy atom. The molecule has 0 bridgehead atoms. The number of hydrogen-bond donors (Lipinski definition) is 3. The standard InChI is InChI=1S/C22H21N3O3.C2HF3O2/c23-21(24)16-9-11-18(12-10-16)25-20(22(26)27)17-7-4-8-19(13-17)28-14-15-5-2-1-3-6-15;3-2(4,5)1(6)7/h1-13,20,25H,14H2,(H3,23,24)(H,26,27);(H,6,7)/p-2. The highest BCUT2D eigenvalue weighted by Gasteiger charge is 2.28. The van der Waals surface area contributed by atoms with Crippen LogP contribution < -0.4 is 26.0 Å². The summed E-state index contributed by atoms with van der Waals surface area (Å²) in [6.07, 6.45) is -5.19. The Balaban J connectivity index is 0.000000540. The van der Waals surface area contributed by atoms with E-state index in [2.05, 4.69) is 5.32 Å². The van der Waals surface area contributed by atoms with Crippen LogP contribution in [0, 0.1) is 5.41 Å². The number of nitrogens with two attached hydrogens (primary N) is 1. The summed E-state index contributed by atoms with van der Waals surface area (Å²) in [5, 5.41) is 30.8. The lowest BCUT2D eigenvalue weighted by molar-refractivity contribution is -0.344. The number of alkyl halides is 3. The molecule has 1 unspecified atom stereocenters. The molecule has 0 heterocycles. The molecule has 0 aromatic heterocycles. The van der Waals surface area contributed by atoms with Gasteiger partial charge in [0.2, 0.25) is 0 Å². The van der Waals surface area contributed by atoms with E-state index < -0.39 is 24.2 Å². The monoisotopic (exact) mass is 487 g/mol. The van der Waals surface area contributed by atoms with Crippen molar-refractivity contribution < 1.29 is 37.7 Å². The zero-order chi connectivity index (χ0) is 26.0. The van der Waals surface area contributed by atoms with Gasteiger partial charge in [-0.25, -0.2) is 0 Å². The number of hydrogen-bond acceptors (Lipinski definition) is 7. The molecule has 0 saturated heterocycles. The van der Waals surface area contributed by atoms with Crippen LogP contribution in [-0.2, 0) is 16.2 Å². The van der Waals surface area contributed by atoms with Crippen molar-refractivity contribution in [3.8, 4) is 5.75 Å². The number of ether oxygens (including phenoxy) is 1. The van der Waals surface area contributed by atoms with Crippen molar-refractivity contribution in [2.75, 3.05) is 5.32 Å². The van der Waals surface area contributed by atoms with Crippen molar-refractivity contribution in [1.82, 2.24) is 0 Å². The minimum Gasteiger partial charge on any atom is -0.548 e. The highest BCUT2D eigenvalue weighted by atomic mass is 19.4. The van der Waals surface area contributed by atoms with Crippen LogP contribution in [0.25, 0.3) is 0 Å². The Morgan fingerprint density at radius 3 is 2.09 bits per heavy atom. The lowest BCUT2D eigenvalue weighted by Crippen LogP contribution is -2.37. The number of carbonyl (C=O) groups is 2. The third-order valence-corrected chi connectivity index (χ3v) is 4.41. The van der Waals surface area contributed by atoms with E-state index in [1.165, 1.54) is 0 Å². The Kier molecular flexibility index (Phi) is 9.21. The molecule has 0 aliphatic rings. The summed E-state index contributed by atoms with van der Waals surface area (Å²) in [6, 6.07) is 22.2. The topological polar surface area (TPSA) is 151 Å². The zero-order valence-electron chi connectivity index (χ0n) is 18.0. The fourth-order valence-electron chi connectivity index (χ4n) is 2.72. The number of carboxylic acids is 2.